The minimum atomic E-state index is 0.556. The number of aromatic nitrogens is 5. The third-order valence-corrected chi connectivity index (χ3v) is 4.93. The molecule has 4 heterocycles. The quantitative estimate of drug-likeness (QED) is 0.721. The Bertz CT molecular complexity index is 789. The first-order valence-electron chi connectivity index (χ1n) is 7.22. The predicted octanol–water partition coefficient (Wildman–Crippen LogP) is 1.21. The summed E-state index contributed by atoms with van der Waals surface area (Å²) in [6.45, 7) is 5.00. The molecule has 4 rings (SSSR count). The molecule has 7 nitrogen and oxygen atoms in total. The Balaban J connectivity index is 1.38. The van der Waals surface area contributed by atoms with E-state index in [1.54, 1.807) is 22.2 Å². The van der Waals surface area contributed by atoms with Crippen LogP contribution in [-0.4, -0.2) is 55.9 Å². The summed E-state index contributed by atoms with van der Waals surface area (Å²) in [5.41, 5.74) is 0.776. The summed E-state index contributed by atoms with van der Waals surface area (Å²) in [7, 11) is 2.17. The first-order chi connectivity index (χ1) is 10.7. The Morgan fingerprint density at radius 1 is 1.36 bits per heavy atom. The van der Waals surface area contributed by atoms with Crippen molar-refractivity contribution in [1.29, 1.82) is 0 Å². The zero-order chi connectivity index (χ0) is 15.1. The van der Waals surface area contributed by atoms with E-state index in [0.29, 0.717) is 6.04 Å². The lowest BCUT2D eigenvalue weighted by atomic mass is 10.1. The van der Waals surface area contributed by atoms with Gasteiger partial charge in [0.15, 0.2) is 5.65 Å². The number of nitrogens with zero attached hydrogens (tertiary/aromatic N) is 7. The molecule has 0 radical (unpaired) electrons. The van der Waals surface area contributed by atoms with Crippen molar-refractivity contribution in [3.05, 3.63) is 34.5 Å². The molecule has 3 aromatic rings. The van der Waals surface area contributed by atoms with E-state index in [4.69, 9.17) is 0 Å². The number of hydrogen-bond donors (Lipinski definition) is 0. The number of anilines is 1. The SMILES string of the molecule is Cc1ncc(CN(C)C2CN(c3ccc4nncn4n3)C2)s1. The molecule has 0 aromatic carbocycles. The van der Waals surface area contributed by atoms with Gasteiger partial charge >= 0.3 is 0 Å². The summed E-state index contributed by atoms with van der Waals surface area (Å²) < 4.78 is 1.71. The van der Waals surface area contributed by atoms with Gasteiger partial charge in [-0.05, 0) is 26.1 Å². The van der Waals surface area contributed by atoms with Gasteiger partial charge in [-0.25, -0.2) is 4.98 Å². The Morgan fingerprint density at radius 2 is 2.23 bits per heavy atom. The first-order valence-corrected chi connectivity index (χ1v) is 8.04. The highest BCUT2D eigenvalue weighted by atomic mass is 32.1. The van der Waals surface area contributed by atoms with Crippen LogP contribution >= 0.6 is 11.3 Å². The summed E-state index contributed by atoms with van der Waals surface area (Å²) in [4.78, 5) is 10.3. The molecule has 0 saturated carbocycles. The summed E-state index contributed by atoms with van der Waals surface area (Å²) in [6.07, 6.45) is 3.61. The van der Waals surface area contributed by atoms with E-state index in [-0.39, 0.29) is 0 Å². The highest BCUT2D eigenvalue weighted by molar-refractivity contribution is 7.11. The number of thiazole rings is 1. The predicted molar refractivity (Wildman–Crippen MR) is 85.1 cm³/mol. The van der Waals surface area contributed by atoms with Crippen molar-refractivity contribution >= 4 is 22.8 Å². The zero-order valence-corrected chi connectivity index (χ0v) is 13.4. The molecular weight excluding hydrogens is 298 g/mol. The van der Waals surface area contributed by atoms with Gasteiger partial charge in [-0.2, -0.15) is 4.52 Å². The smallest absolute Gasteiger partial charge is 0.177 e. The fourth-order valence-corrected chi connectivity index (χ4v) is 3.52. The minimum Gasteiger partial charge on any atom is -0.352 e. The number of hydrogen-bond acceptors (Lipinski definition) is 7. The molecule has 0 amide bonds. The van der Waals surface area contributed by atoms with Crippen LogP contribution in [0.5, 0.6) is 0 Å². The molecule has 0 N–H and O–H groups in total. The summed E-state index contributed by atoms with van der Waals surface area (Å²) in [5.74, 6) is 0.977. The summed E-state index contributed by atoms with van der Waals surface area (Å²) in [5, 5.41) is 13.5. The molecule has 0 spiro atoms. The van der Waals surface area contributed by atoms with E-state index < -0.39 is 0 Å². The van der Waals surface area contributed by atoms with Gasteiger partial charge in [0.2, 0.25) is 0 Å². The second-order valence-corrected chi connectivity index (χ2v) is 6.96. The van der Waals surface area contributed by atoms with E-state index in [9.17, 15) is 0 Å². The lowest BCUT2D eigenvalue weighted by Crippen LogP contribution is -2.58. The van der Waals surface area contributed by atoms with E-state index in [1.807, 2.05) is 25.3 Å². The van der Waals surface area contributed by atoms with Gasteiger partial charge < -0.3 is 4.90 Å². The highest BCUT2D eigenvalue weighted by Gasteiger charge is 2.31. The Morgan fingerprint density at radius 3 is 3.00 bits per heavy atom. The van der Waals surface area contributed by atoms with E-state index in [1.165, 1.54) is 4.88 Å². The van der Waals surface area contributed by atoms with Crippen molar-refractivity contribution in [2.75, 3.05) is 25.0 Å². The van der Waals surface area contributed by atoms with Gasteiger partial charge in [-0.15, -0.1) is 26.6 Å². The third kappa shape index (κ3) is 2.44. The summed E-state index contributed by atoms with van der Waals surface area (Å²) in [6, 6.07) is 4.51. The van der Waals surface area contributed by atoms with Crippen LogP contribution in [0.2, 0.25) is 0 Å². The van der Waals surface area contributed by atoms with Crippen molar-refractivity contribution in [3.63, 3.8) is 0 Å². The fraction of sp³-hybridized carbons (Fsp3) is 0.429. The molecule has 1 aliphatic rings. The Hall–Kier alpha value is -2.06. The van der Waals surface area contributed by atoms with Crippen LogP contribution in [0.3, 0.4) is 0 Å². The fourth-order valence-electron chi connectivity index (χ4n) is 2.66. The summed E-state index contributed by atoms with van der Waals surface area (Å²) >= 11 is 1.77. The molecule has 0 atom stereocenters. The van der Waals surface area contributed by atoms with Crippen LogP contribution in [0.1, 0.15) is 9.88 Å². The Labute approximate surface area is 132 Å². The number of rotatable bonds is 4. The van der Waals surface area contributed by atoms with Crippen molar-refractivity contribution in [1.82, 2.24) is 29.7 Å². The topological polar surface area (TPSA) is 62.5 Å². The standard InChI is InChI=1S/C14H17N7S/c1-10-15-5-12(22-10)8-19(2)11-6-20(7-11)14-4-3-13-17-16-9-21(13)18-14/h3-5,9,11H,6-8H2,1-2H3. The molecule has 1 fully saturated rings. The lowest BCUT2D eigenvalue weighted by Gasteiger charge is -2.44. The van der Waals surface area contributed by atoms with Crippen LogP contribution in [-0.2, 0) is 6.54 Å². The van der Waals surface area contributed by atoms with Gasteiger partial charge in [0.05, 0.1) is 5.01 Å². The zero-order valence-electron chi connectivity index (χ0n) is 12.5. The van der Waals surface area contributed by atoms with Crippen molar-refractivity contribution in [2.45, 2.75) is 19.5 Å². The maximum atomic E-state index is 4.53. The van der Waals surface area contributed by atoms with Crippen LogP contribution in [0.25, 0.3) is 5.65 Å². The molecule has 0 bridgehead atoms. The van der Waals surface area contributed by atoms with Crippen molar-refractivity contribution < 1.29 is 0 Å². The molecule has 3 aromatic heterocycles. The molecule has 1 aliphatic heterocycles. The number of fused-ring (bicyclic) bond motifs is 1. The van der Waals surface area contributed by atoms with Crippen LogP contribution in [0.4, 0.5) is 5.82 Å². The monoisotopic (exact) mass is 315 g/mol. The van der Waals surface area contributed by atoms with Gasteiger partial charge in [0.1, 0.15) is 12.1 Å². The van der Waals surface area contributed by atoms with Crippen LogP contribution in [0, 0.1) is 6.92 Å². The molecule has 8 heteroatoms. The largest absolute Gasteiger partial charge is 0.352 e. The average Bonchev–Trinajstić information content (AvgIpc) is 3.05. The Kier molecular flexibility index (Phi) is 3.27. The number of likely N-dealkylation sites (N-methyl/N-ethyl adjacent to an activating group) is 1. The van der Waals surface area contributed by atoms with E-state index >= 15 is 0 Å². The van der Waals surface area contributed by atoms with Crippen LogP contribution < -0.4 is 4.90 Å². The molecule has 1 saturated heterocycles. The molecule has 0 aliphatic carbocycles. The third-order valence-electron chi connectivity index (χ3n) is 4.03. The second-order valence-electron chi connectivity index (χ2n) is 5.64. The molecule has 22 heavy (non-hydrogen) atoms. The van der Waals surface area contributed by atoms with Crippen molar-refractivity contribution in [3.8, 4) is 0 Å². The number of aryl methyl sites for hydroxylation is 1. The second kappa shape index (κ2) is 5.29. The first kappa shape index (κ1) is 13.6. The minimum absolute atomic E-state index is 0.556. The van der Waals surface area contributed by atoms with Gasteiger partial charge in [-0.3, -0.25) is 4.90 Å². The molecule has 0 unspecified atom stereocenters. The molecule has 114 valence electrons. The van der Waals surface area contributed by atoms with Crippen molar-refractivity contribution in [2.24, 2.45) is 0 Å². The lowest BCUT2D eigenvalue weighted by molar-refractivity contribution is 0.198. The van der Waals surface area contributed by atoms with Gasteiger partial charge in [0, 0.05) is 36.8 Å². The molecular formula is C14H17N7S. The van der Waals surface area contributed by atoms with E-state index in [2.05, 4.69) is 37.1 Å². The van der Waals surface area contributed by atoms with Gasteiger partial charge in [0.25, 0.3) is 0 Å². The maximum absolute atomic E-state index is 4.53. The average molecular weight is 315 g/mol. The highest BCUT2D eigenvalue weighted by Crippen LogP contribution is 2.23. The van der Waals surface area contributed by atoms with Crippen LogP contribution in [0.15, 0.2) is 24.7 Å². The van der Waals surface area contributed by atoms with Gasteiger partial charge in [-0.1, -0.05) is 0 Å². The van der Waals surface area contributed by atoms with E-state index in [0.717, 1.165) is 36.1 Å². The normalized spacial score (nSPS) is 15.7. The maximum Gasteiger partial charge on any atom is 0.177 e.